The van der Waals surface area contributed by atoms with Crippen molar-refractivity contribution in [3.8, 4) is 5.75 Å². The van der Waals surface area contributed by atoms with Crippen LogP contribution in [-0.4, -0.2) is 30.5 Å². The lowest BCUT2D eigenvalue weighted by atomic mass is 10.1. The highest BCUT2D eigenvalue weighted by atomic mass is 19.4. The van der Waals surface area contributed by atoms with Crippen molar-refractivity contribution in [3.05, 3.63) is 29.8 Å². The van der Waals surface area contributed by atoms with Gasteiger partial charge >= 0.3 is 6.36 Å². The highest BCUT2D eigenvalue weighted by Gasteiger charge is 2.31. The molecule has 1 aromatic rings. The topological polar surface area (TPSA) is 58.6 Å². The van der Waals surface area contributed by atoms with Crippen LogP contribution in [0.4, 0.5) is 13.2 Å². The van der Waals surface area contributed by atoms with Gasteiger partial charge in [-0.1, -0.05) is 19.1 Å². The summed E-state index contributed by atoms with van der Waals surface area (Å²) in [4.78, 5) is 11.7. The number of halogens is 3. The van der Waals surface area contributed by atoms with E-state index in [0.717, 1.165) is 0 Å². The zero-order valence-corrected chi connectivity index (χ0v) is 11.6. The van der Waals surface area contributed by atoms with Crippen LogP contribution in [0.1, 0.15) is 18.9 Å². The van der Waals surface area contributed by atoms with E-state index >= 15 is 0 Å². The first-order chi connectivity index (χ1) is 9.80. The summed E-state index contributed by atoms with van der Waals surface area (Å²) < 4.78 is 40.1. The Bertz CT molecular complexity index is 463. The summed E-state index contributed by atoms with van der Waals surface area (Å²) in [5, 5.41) is 11.4. The molecule has 0 aromatic heterocycles. The predicted molar refractivity (Wildman–Crippen MR) is 70.7 cm³/mol. The number of aliphatic hydroxyl groups is 1. The second-order valence-electron chi connectivity index (χ2n) is 4.79. The zero-order chi connectivity index (χ0) is 15.9. The molecule has 0 bridgehead atoms. The minimum absolute atomic E-state index is 0.0269. The maximum atomic E-state index is 12.1. The third-order valence-electron chi connectivity index (χ3n) is 2.77. The largest absolute Gasteiger partial charge is 0.573 e. The van der Waals surface area contributed by atoms with E-state index in [0.29, 0.717) is 18.5 Å². The fraction of sp³-hybridized carbons (Fsp3) is 0.500. The molecule has 0 heterocycles. The number of amides is 1. The van der Waals surface area contributed by atoms with Gasteiger partial charge in [0.1, 0.15) is 5.75 Å². The van der Waals surface area contributed by atoms with Crippen LogP contribution in [0.5, 0.6) is 5.75 Å². The van der Waals surface area contributed by atoms with Gasteiger partial charge < -0.3 is 15.2 Å². The maximum absolute atomic E-state index is 12.1. The number of aliphatic hydroxyl groups excluding tert-OH is 1. The molecule has 0 fully saturated rings. The second kappa shape index (κ2) is 7.87. The Kier molecular flexibility index (Phi) is 6.48. The quantitative estimate of drug-likeness (QED) is 0.812. The second-order valence-corrected chi connectivity index (χ2v) is 4.79. The van der Waals surface area contributed by atoms with Crippen molar-refractivity contribution in [2.75, 3.05) is 13.2 Å². The van der Waals surface area contributed by atoms with Gasteiger partial charge in [-0.15, -0.1) is 13.2 Å². The predicted octanol–water partition coefficient (Wildman–Crippen LogP) is 2.26. The molecule has 0 saturated carbocycles. The van der Waals surface area contributed by atoms with Crippen molar-refractivity contribution in [1.29, 1.82) is 0 Å². The van der Waals surface area contributed by atoms with Crippen molar-refractivity contribution < 1.29 is 27.8 Å². The lowest BCUT2D eigenvalue weighted by Gasteiger charge is -2.12. The Morgan fingerprint density at radius 1 is 1.43 bits per heavy atom. The lowest BCUT2D eigenvalue weighted by Crippen LogP contribution is -2.29. The average molecular weight is 305 g/mol. The molecule has 0 aliphatic heterocycles. The number of carbonyl (C=O) groups excluding carboxylic acids is 1. The number of rotatable bonds is 7. The molecule has 0 radical (unpaired) electrons. The van der Waals surface area contributed by atoms with E-state index in [4.69, 9.17) is 5.11 Å². The molecule has 0 spiro atoms. The Morgan fingerprint density at radius 2 is 2.14 bits per heavy atom. The van der Waals surface area contributed by atoms with E-state index in [1.54, 1.807) is 6.07 Å². The van der Waals surface area contributed by atoms with E-state index in [1.165, 1.54) is 18.2 Å². The first-order valence-corrected chi connectivity index (χ1v) is 6.52. The number of nitrogens with one attached hydrogen (secondary N) is 1. The molecule has 1 rings (SSSR count). The van der Waals surface area contributed by atoms with Crippen molar-refractivity contribution in [2.45, 2.75) is 26.1 Å². The van der Waals surface area contributed by atoms with E-state index < -0.39 is 6.36 Å². The van der Waals surface area contributed by atoms with Crippen LogP contribution in [-0.2, 0) is 11.2 Å². The van der Waals surface area contributed by atoms with Crippen molar-refractivity contribution in [3.63, 3.8) is 0 Å². The van der Waals surface area contributed by atoms with Crippen molar-refractivity contribution in [1.82, 2.24) is 5.32 Å². The summed E-state index contributed by atoms with van der Waals surface area (Å²) in [7, 11) is 0. The van der Waals surface area contributed by atoms with Crippen LogP contribution >= 0.6 is 0 Å². The average Bonchev–Trinajstić information content (AvgIpc) is 2.35. The minimum Gasteiger partial charge on any atom is -0.406 e. The summed E-state index contributed by atoms with van der Waals surface area (Å²) in [6.45, 7) is 2.35. The summed E-state index contributed by atoms with van der Waals surface area (Å²) in [6, 6.07) is 5.32. The van der Waals surface area contributed by atoms with E-state index in [9.17, 15) is 18.0 Å². The summed E-state index contributed by atoms with van der Waals surface area (Å²) >= 11 is 0. The highest BCUT2D eigenvalue weighted by Crippen LogP contribution is 2.23. The molecule has 2 N–H and O–H groups in total. The Balaban J connectivity index is 2.51. The smallest absolute Gasteiger partial charge is 0.406 e. The van der Waals surface area contributed by atoms with Gasteiger partial charge in [-0.25, -0.2) is 0 Å². The maximum Gasteiger partial charge on any atom is 0.573 e. The molecule has 1 aromatic carbocycles. The SMILES string of the molecule is CC(CCO)CNC(=O)Cc1cccc(OC(F)(F)F)c1. The molecule has 21 heavy (non-hydrogen) atoms. The van der Waals surface area contributed by atoms with Crippen LogP contribution < -0.4 is 10.1 Å². The molecule has 1 unspecified atom stereocenters. The molecule has 1 atom stereocenters. The van der Waals surface area contributed by atoms with Crippen molar-refractivity contribution >= 4 is 5.91 Å². The minimum atomic E-state index is -4.75. The fourth-order valence-electron chi connectivity index (χ4n) is 1.71. The van der Waals surface area contributed by atoms with Crippen LogP contribution in [0.15, 0.2) is 24.3 Å². The molecule has 4 nitrogen and oxygen atoms in total. The third-order valence-corrected chi connectivity index (χ3v) is 2.77. The number of ether oxygens (including phenoxy) is 1. The van der Waals surface area contributed by atoms with Crippen LogP contribution in [0.3, 0.4) is 0 Å². The zero-order valence-electron chi connectivity index (χ0n) is 11.6. The van der Waals surface area contributed by atoms with Gasteiger partial charge in [0.25, 0.3) is 0 Å². The summed E-state index contributed by atoms with van der Waals surface area (Å²) in [5.74, 6) is -0.496. The van der Waals surface area contributed by atoms with Gasteiger partial charge in [-0.05, 0) is 30.0 Å². The summed E-state index contributed by atoms with van der Waals surface area (Å²) in [5.41, 5.74) is 0.434. The fourth-order valence-corrected chi connectivity index (χ4v) is 1.71. The number of carbonyl (C=O) groups is 1. The van der Waals surface area contributed by atoms with Gasteiger partial charge in [-0.2, -0.15) is 0 Å². The standard InChI is InChI=1S/C14H18F3NO3/c1-10(5-6-19)9-18-13(20)8-11-3-2-4-12(7-11)21-14(15,16)17/h2-4,7,10,19H,5-6,8-9H2,1H3,(H,18,20). The van der Waals surface area contributed by atoms with Crippen molar-refractivity contribution in [2.24, 2.45) is 5.92 Å². The summed E-state index contributed by atoms with van der Waals surface area (Å²) in [6.07, 6.45) is -4.20. The number of hydrogen-bond donors (Lipinski definition) is 2. The number of hydrogen-bond acceptors (Lipinski definition) is 3. The molecule has 118 valence electrons. The highest BCUT2D eigenvalue weighted by molar-refractivity contribution is 5.78. The first kappa shape index (κ1) is 17.3. The van der Waals surface area contributed by atoms with Gasteiger partial charge in [0, 0.05) is 13.2 Å². The Labute approximate surface area is 120 Å². The van der Waals surface area contributed by atoms with Gasteiger partial charge in [0.15, 0.2) is 0 Å². The first-order valence-electron chi connectivity index (χ1n) is 6.52. The third kappa shape index (κ3) is 7.55. The lowest BCUT2D eigenvalue weighted by molar-refractivity contribution is -0.274. The van der Waals surface area contributed by atoms with Gasteiger partial charge in [0.05, 0.1) is 6.42 Å². The molecule has 7 heteroatoms. The van der Waals surface area contributed by atoms with Crippen LogP contribution in [0.25, 0.3) is 0 Å². The normalized spacial score (nSPS) is 12.8. The number of benzene rings is 1. The van der Waals surface area contributed by atoms with Crippen LogP contribution in [0, 0.1) is 5.92 Å². The molecular formula is C14H18F3NO3. The van der Waals surface area contributed by atoms with E-state index in [-0.39, 0.29) is 30.6 Å². The molecular weight excluding hydrogens is 287 g/mol. The van der Waals surface area contributed by atoms with Crippen LogP contribution in [0.2, 0.25) is 0 Å². The van der Waals surface area contributed by atoms with E-state index in [2.05, 4.69) is 10.1 Å². The Hall–Kier alpha value is -1.76. The molecule has 1 amide bonds. The monoisotopic (exact) mass is 305 g/mol. The molecule has 0 aliphatic rings. The van der Waals surface area contributed by atoms with E-state index in [1.807, 2.05) is 6.92 Å². The number of alkyl halides is 3. The molecule has 0 aliphatic carbocycles. The van der Waals surface area contributed by atoms with Gasteiger partial charge in [0.2, 0.25) is 5.91 Å². The van der Waals surface area contributed by atoms with Gasteiger partial charge in [-0.3, -0.25) is 4.79 Å². The Morgan fingerprint density at radius 3 is 2.76 bits per heavy atom. The molecule has 0 saturated heterocycles.